The van der Waals surface area contributed by atoms with E-state index in [4.69, 9.17) is 9.84 Å². The molecule has 2 fully saturated rings. The van der Waals surface area contributed by atoms with E-state index in [0.717, 1.165) is 38.9 Å². The Labute approximate surface area is 145 Å². The number of aliphatic hydroxyl groups excluding tert-OH is 1. The molecule has 0 amide bonds. The molecule has 3 atom stereocenters. The quantitative estimate of drug-likeness (QED) is 0.494. The van der Waals surface area contributed by atoms with Crippen molar-refractivity contribution in [3.8, 4) is 0 Å². The van der Waals surface area contributed by atoms with Gasteiger partial charge in [-0.1, -0.05) is 43.6 Å². The summed E-state index contributed by atoms with van der Waals surface area (Å²) in [6.07, 6.45) is 16.9. The van der Waals surface area contributed by atoms with Gasteiger partial charge in [-0.05, 0) is 43.9 Å². The molecule has 0 radical (unpaired) electrons. The van der Waals surface area contributed by atoms with Crippen molar-refractivity contribution < 1.29 is 19.7 Å². The number of carboxylic acids is 1. The first-order chi connectivity index (χ1) is 11.7. The first kappa shape index (κ1) is 19.2. The van der Waals surface area contributed by atoms with Crippen molar-refractivity contribution in [1.29, 1.82) is 0 Å². The highest BCUT2D eigenvalue weighted by Crippen LogP contribution is 2.29. The SMILES string of the molecule is O=C(O)CCC/C=C\C[C@H]1COC[C@H]1/C=C/C(O)C1CCCCC1. The molecular formula is C20H32O4. The lowest BCUT2D eigenvalue weighted by molar-refractivity contribution is -0.137. The van der Waals surface area contributed by atoms with Crippen LogP contribution in [0.3, 0.4) is 0 Å². The molecule has 1 aliphatic heterocycles. The van der Waals surface area contributed by atoms with Gasteiger partial charge in [0.25, 0.3) is 0 Å². The van der Waals surface area contributed by atoms with E-state index in [0.29, 0.717) is 24.2 Å². The summed E-state index contributed by atoms with van der Waals surface area (Å²) in [5, 5.41) is 19.0. The Morgan fingerprint density at radius 1 is 1.17 bits per heavy atom. The second-order valence-electron chi connectivity index (χ2n) is 7.23. The van der Waals surface area contributed by atoms with Crippen LogP contribution in [0.25, 0.3) is 0 Å². The van der Waals surface area contributed by atoms with Crippen molar-refractivity contribution >= 4 is 5.97 Å². The molecule has 0 bridgehead atoms. The molecule has 0 aromatic rings. The van der Waals surface area contributed by atoms with Crippen molar-refractivity contribution in [2.45, 2.75) is 63.9 Å². The average molecular weight is 336 g/mol. The number of ether oxygens (including phenoxy) is 1. The van der Waals surface area contributed by atoms with E-state index >= 15 is 0 Å². The number of aliphatic carboxylic acids is 1. The number of rotatable bonds is 9. The number of carbonyl (C=O) groups is 1. The molecule has 2 aliphatic rings. The van der Waals surface area contributed by atoms with Gasteiger partial charge in [-0.25, -0.2) is 0 Å². The molecule has 1 aliphatic carbocycles. The molecule has 0 spiro atoms. The summed E-state index contributed by atoms with van der Waals surface area (Å²) < 4.78 is 5.61. The van der Waals surface area contributed by atoms with Gasteiger partial charge in [-0.15, -0.1) is 0 Å². The number of hydrogen-bond acceptors (Lipinski definition) is 3. The zero-order chi connectivity index (χ0) is 17.2. The molecule has 24 heavy (non-hydrogen) atoms. The maximum absolute atomic E-state index is 10.5. The zero-order valence-electron chi connectivity index (χ0n) is 14.6. The summed E-state index contributed by atoms with van der Waals surface area (Å²) in [6.45, 7) is 1.51. The minimum atomic E-state index is -0.727. The van der Waals surface area contributed by atoms with Crippen LogP contribution in [0.5, 0.6) is 0 Å². The predicted molar refractivity (Wildman–Crippen MR) is 94.8 cm³/mol. The van der Waals surface area contributed by atoms with Crippen LogP contribution in [0, 0.1) is 17.8 Å². The minimum Gasteiger partial charge on any atom is -0.481 e. The highest BCUT2D eigenvalue weighted by Gasteiger charge is 2.26. The number of unbranched alkanes of at least 4 members (excludes halogenated alkanes) is 1. The first-order valence-corrected chi connectivity index (χ1v) is 9.47. The van der Waals surface area contributed by atoms with Crippen LogP contribution in [0.2, 0.25) is 0 Å². The van der Waals surface area contributed by atoms with Crippen LogP contribution in [0.4, 0.5) is 0 Å². The fourth-order valence-corrected chi connectivity index (χ4v) is 3.72. The molecular weight excluding hydrogens is 304 g/mol. The van der Waals surface area contributed by atoms with Crippen LogP contribution in [0.1, 0.15) is 57.8 Å². The Morgan fingerprint density at radius 3 is 2.71 bits per heavy atom. The fourth-order valence-electron chi connectivity index (χ4n) is 3.72. The number of aliphatic hydroxyl groups is 1. The van der Waals surface area contributed by atoms with Crippen molar-refractivity contribution in [3.05, 3.63) is 24.3 Å². The summed E-state index contributed by atoms with van der Waals surface area (Å²) in [5.41, 5.74) is 0. The summed E-state index contributed by atoms with van der Waals surface area (Å²) in [5.74, 6) is 0.557. The zero-order valence-corrected chi connectivity index (χ0v) is 14.6. The van der Waals surface area contributed by atoms with Crippen LogP contribution < -0.4 is 0 Å². The molecule has 1 saturated carbocycles. The Morgan fingerprint density at radius 2 is 1.96 bits per heavy atom. The number of allylic oxidation sites excluding steroid dienone is 2. The third-order valence-electron chi connectivity index (χ3n) is 5.30. The molecule has 136 valence electrons. The second kappa shape index (κ2) is 10.7. The Kier molecular flexibility index (Phi) is 8.54. The fraction of sp³-hybridized carbons (Fsp3) is 0.750. The van der Waals surface area contributed by atoms with Gasteiger partial charge < -0.3 is 14.9 Å². The van der Waals surface area contributed by atoms with Gasteiger partial charge in [-0.3, -0.25) is 4.79 Å². The Hall–Kier alpha value is -1.13. The smallest absolute Gasteiger partial charge is 0.303 e. The van der Waals surface area contributed by atoms with E-state index in [9.17, 15) is 9.90 Å². The molecule has 4 heteroatoms. The average Bonchev–Trinajstić information content (AvgIpc) is 3.03. The van der Waals surface area contributed by atoms with E-state index in [-0.39, 0.29) is 12.5 Å². The van der Waals surface area contributed by atoms with Crippen molar-refractivity contribution in [3.63, 3.8) is 0 Å². The standard InChI is InChI=1S/C20H32O4/c21-19(16-8-5-3-6-9-16)13-12-18-15-24-14-17(18)10-4-1-2-7-11-20(22)23/h1,4,12-13,16-19,21H,2-3,5-11,14-15H2,(H,22,23)/b4-1-,13-12+/t17-,18+,19?/m0/s1. The highest BCUT2D eigenvalue weighted by atomic mass is 16.5. The Balaban J connectivity index is 1.70. The Bertz CT molecular complexity index is 423. The molecule has 1 saturated heterocycles. The second-order valence-corrected chi connectivity index (χ2v) is 7.23. The van der Waals surface area contributed by atoms with E-state index in [1.54, 1.807) is 0 Å². The lowest BCUT2D eigenvalue weighted by Gasteiger charge is -2.25. The lowest BCUT2D eigenvalue weighted by Crippen LogP contribution is -2.21. The van der Waals surface area contributed by atoms with Crippen molar-refractivity contribution in [2.24, 2.45) is 17.8 Å². The van der Waals surface area contributed by atoms with Crippen LogP contribution in [-0.4, -0.2) is 35.5 Å². The summed E-state index contributed by atoms with van der Waals surface area (Å²) in [4.78, 5) is 10.5. The molecule has 1 unspecified atom stereocenters. The molecule has 0 aromatic heterocycles. The highest BCUT2D eigenvalue weighted by molar-refractivity contribution is 5.66. The number of hydrogen-bond donors (Lipinski definition) is 2. The monoisotopic (exact) mass is 336 g/mol. The van der Waals surface area contributed by atoms with Gasteiger partial charge in [0.1, 0.15) is 0 Å². The van der Waals surface area contributed by atoms with Crippen LogP contribution >= 0.6 is 0 Å². The molecule has 2 N–H and O–H groups in total. The maximum Gasteiger partial charge on any atom is 0.303 e. The van der Waals surface area contributed by atoms with Gasteiger partial charge in [-0.2, -0.15) is 0 Å². The van der Waals surface area contributed by atoms with Gasteiger partial charge in [0.2, 0.25) is 0 Å². The van der Waals surface area contributed by atoms with Gasteiger partial charge in [0.05, 0.1) is 19.3 Å². The lowest BCUT2D eigenvalue weighted by atomic mass is 9.84. The normalized spacial score (nSPS) is 27.2. The third kappa shape index (κ3) is 6.78. The topological polar surface area (TPSA) is 66.8 Å². The molecule has 4 nitrogen and oxygen atoms in total. The van der Waals surface area contributed by atoms with Gasteiger partial charge in [0, 0.05) is 12.3 Å². The molecule has 1 heterocycles. The van der Waals surface area contributed by atoms with E-state index in [2.05, 4.69) is 18.2 Å². The van der Waals surface area contributed by atoms with E-state index < -0.39 is 5.97 Å². The van der Waals surface area contributed by atoms with Gasteiger partial charge >= 0.3 is 5.97 Å². The van der Waals surface area contributed by atoms with E-state index in [1.165, 1.54) is 19.3 Å². The largest absolute Gasteiger partial charge is 0.481 e. The summed E-state index contributed by atoms with van der Waals surface area (Å²) in [6, 6.07) is 0. The predicted octanol–water partition coefficient (Wildman–Crippen LogP) is 3.95. The molecule has 2 rings (SSSR count). The van der Waals surface area contributed by atoms with Crippen molar-refractivity contribution in [1.82, 2.24) is 0 Å². The van der Waals surface area contributed by atoms with Crippen LogP contribution in [-0.2, 0) is 9.53 Å². The van der Waals surface area contributed by atoms with Crippen molar-refractivity contribution in [2.75, 3.05) is 13.2 Å². The summed E-state index contributed by atoms with van der Waals surface area (Å²) in [7, 11) is 0. The maximum atomic E-state index is 10.5. The van der Waals surface area contributed by atoms with Gasteiger partial charge in [0.15, 0.2) is 0 Å². The summed E-state index contributed by atoms with van der Waals surface area (Å²) >= 11 is 0. The third-order valence-corrected chi connectivity index (χ3v) is 5.30. The first-order valence-electron chi connectivity index (χ1n) is 9.47. The van der Waals surface area contributed by atoms with Crippen LogP contribution in [0.15, 0.2) is 24.3 Å². The van der Waals surface area contributed by atoms with E-state index in [1.807, 2.05) is 6.08 Å². The molecule has 0 aromatic carbocycles. The minimum absolute atomic E-state index is 0.237. The number of carboxylic acid groups (broad SMARTS) is 1.